The molecule has 3 heteroatoms. The molecule has 84 valence electrons. The number of benzene rings is 1. The highest BCUT2D eigenvalue weighted by molar-refractivity contribution is 6.37. The predicted molar refractivity (Wildman–Crippen MR) is 74.1 cm³/mol. The maximum atomic E-state index is 6.28. The Morgan fingerprint density at radius 1 is 1.20 bits per heavy atom. The van der Waals surface area contributed by atoms with Crippen LogP contribution in [0.1, 0.15) is 26.3 Å². The molecule has 0 radical (unpaired) electrons. The Balaban J connectivity index is 3.53. The van der Waals surface area contributed by atoms with Gasteiger partial charge in [0.1, 0.15) is 0 Å². The molecule has 0 amide bonds. The lowest BCUT2D eigenvalue weighted by atomic mass is 9.85. The third-order valence-corrected chi connectivity index (χ3v) is 3.67. The van der Waals surface area contributed by atoms with Gasteiger partial charge in [0.25, 0.3) is 0 Å². The molecule has 0 fully saturated rings. The van der Waals surface area contributed by atoms with Crippen molar-refractivity contribution < 1.29 is 0 Å². The highest BCUT2D eigenvalue weighted by Crippen LogP contribution is 2.34. The smallest absolute Gasteiger partial charge is 0.0642 e. The van der Waals surface area contributed by atoms with E-state index in [1.165, 1.54) is 16.4 Å². The Bertz CT molecular complexity index is 367. The van der Waals surface area contributed by atoms with Crippen LogP contribution in [-0.2, 0) is 5.41 Å². The molecule has 0 heterocycles. The lowest BCUT2D eigenvalue weighted by Gasteiger charge is -2.29. The molecule has 0 saturated heterocycles. The van der Waals surface area contributed by atoms with Crippen LogP contribution < -0.4 is 10.1 Å². The highest BCUT2D eigenvalue weighted by Gasteiger charge is 2.22. The Hall–Kier alpha value is -0.473. The normalized spacial score (nSPS) is 11.9. The van der Waals surface area contributed by atoms with E-state index in [4.69, 9.17) is 11.6 Å². The monoisotopic (exact) mass is 241 g/mol. The topological polar surface area (TPSA) is 3.24 Å². The number of halogens is 1. The van der Waals surface area contributed by atoms with Crippen molar-refractivity contribution in [3.8, 4) is 0 Å². The summed E-state index contributed by atoms with van der Waals surface area (Å²) in [5.74, 6) is 0. The van der Waals surface area contributed by atoms with Gasteiger partial charge in [-0.2, -0.15) is 0 Å². The second kappa shape index (κ2) is 4.18. The standard InChI is InChI=1S/C12H20ClNSi/c1-12(2,3)10-9(15)7-6-8(13)11(10)14(4)5/h6-7H,1-5,15H3. The molecule has 0 aliphatic heterocycles. The minimum absolute atomic E-state index is 0.154. The van der Waals surface area contributed by atoms with E-state index in [0.29, 0.717) is 0 Å². The van der Waals surface area contributed by atoms with E-state index < -0.39 is 0 Å². The van der Waals surface area contributed by atoms with Crippen molar-refractivity contribution in [3.05, 3.63) is 22.7 Å². The Labute approximate surface area is 101 Å². The minimum Gasteiger partial charge on any atom is -0.376 e. The summed E-state index contributed by atoms with van der Waals surface area (Å²) in [6.07, 6.45) is 0. The first-order valence-electron chi connectivity index (χ1n) is 5.22. The molecule has 1 aromatic rings. The molecule has 15 heavy (non-hydrogen) atoms. The lowest BCUT2D eigenvalue weighted by Crippen LogP contribution is -2.28. The second-order valence-corrected chi connectivity index (χ2v) is 6.72. The third kappa shape index (κ3) is 2.55. The number of anilines is 1. The zero-order valence-corrected chi connectivity index (χ0v) is 13.2. The maximum absolute atomic E-state index is 6.28. The van der Waals surface area contributed by atoms with Crippen molar-refractivity contribution in [3.63, 3.8) is 0 Å². The molecule has 0 atom stereocenters. The van der Waals surface area contributed by atoms with Gasteiger partial charge in [0.15, 0.2) is 0 Å². The van der Waals surface area contributed by atoms with Gasteiger partial charge in [0.2, 0.25) is 0 Å². The predicted octanol–water partition coefficient (Wildman–Crippen LogP) is 1.69. The fourth-order valence-electron chi connectivity index (χ4n) is 2.05. The summed E-state index contributed by atoms with van der Waals surface area (Å²) in [6.45, 7) is 6.73. The van der Waals surface area contributed by atoms with Crippen LogP contribution in [0.25, 0.3) is 0 Å². The summed E-state index contributed by atoms with van der Waals surface area (Å²) in [6, 6.07) is 4.16. The molecule has 1 aromatic carbocycles. The lowest BCUT2D eigenvalue weighted by molar-refractivity contribution is 0.594. The van der Waals surface area contributed by atoms with E-state index in [9.17, 15) is 0 Å². The van der Waals surface area contributed by atoms with Gasteiger partial charge < -0.3 is 4.90 Å². The fourth-order valence-corrected chi connectivity index (χ4v) is 3.53. The third-order valence-electron chi connectivity index (χ3n) is 2.53. The van der Waals surface area contributed by atoms with Crippen molar-refractivity contribution in [2.75, 3.05) is 19.0 Å². The van der Waals surface area contributed by atoms with Crippen molar-refractivity contribution in [2.45, 2.75) is 26.2 Å². The first-order chi connectivity index (χ1) is 6.75. The molecule has 1 nitrogen and oxygen atoms in total. The van der Waals surface area contributed by atoms with Crippen molar-refractivity contribution in [2.24, 2.45) is 0 Å². The quantitative estimate of drug-likeness (QED) is 0.677. The summed E-state index contributed by atoms with van der Waals surface area (Å²) in [7, 11) is 5.17. The molecule has 0 N–H and O–H groups in total. The zero-order chi connectivity index (χ0) is 11.8. The van der Waals surface area contributed by atoms with E-state index in [2.05, 4.69) is 45.8 Å². The van der Waals surface area contributed by atoms with E-state index in [1.54, 1.807) is 0 Å². The molecule has 1 rings (SSSR count). The Kier molecular flexibility index (Phi) is 3.51. The van der Waals surface area contributed by atoms with E-state index in [0.717, 1.165) is 15.3 Å². The summed E-state index contributed by atoms with van der Waals surface area (Å²) in [4.78, 5) is 2.12. The van der Waals surface area contributed by atoms with E-state index >= 15 is 0 Å². The summed E-state index contributed by atoms with van der Waals surface area (Å²) >= 11 is 6.28. The van der Waals surface area contributed by atoms with Crippen molar-refractivity contribution in [1.29, 1.82) is 0 Å². The molecule has 0 bridgehead atoms. The molecule has 0 aromatic heterocycles. The van der Waals surface area contributed by atoms with Crippen LogP contribution in [0, 0.1) is 0 Å². The molecule has 0 saturated carbocycles. The van der Waals surface area contributed by atoms with Gasteiger partial charge in [-0.15, -0.1) is 0 Å². The van der Waals surface area contributed by atoms with E-state index in [-0.39, 0.29) is 5.41 Å². The fraction of sp³-hybridized carbons (Fsp3) is 0.500. The van der Waals surface area contributed by atoms with Gasteiger partial charge in [-0.25, -0.2) is 0 Å². The number of nitrogens with zero attached hydrogens (tertiary/aromatic N) is 1. The molecule has 0 unspecified atom stereocenters. The van der Waals surface area contributed by atoms with Crippen LogP contribution in [0.15, 0.2) is 12.1 Å². The second-order valence-electron chi connectivity index (χ2n) is 5.23. The number of hydrogen-bond donors (Lipinski definition) is 0. The average Bonchev–Trinajstić information content (AvgIpc) is 2.05. The summed E-state index contributed by atoms with van der Waals surface area (Å²) in [5, 5.41) is 2.29. The van der Waals surface area contributed by atoms with Gasteiger partial charge in [0, 0.05) is 24.3 Å². The van der Waals surface area contributed by atoms with Crippen LogP contribution in [-0.4, -0.2) is 24.3 Å². The van der Waals surface area contributed by atoms with Gasteiger partial charge in [0.05, 0.1) is 10.7 Å². The van der Waals surface area contributed by atoms with Gasteiger partial charge >= 0.3 is 0 Å². The number of hydrogen-bond acceptors (Lipinski definition) is 1. The van der Waals surface area contributed by atoms with E-state index in [1.807, 2.05) is 6.07 Å². The SMILES string of the molecule is CN(C)c1c(Cl)ccc([SiH3])c1C(C)(C)C. The van der Waals surface area contributed by atoms with Crippen LogP contribution in [0.5, 0.6) is 0 Å². The minimum atomic E-state index is 0.154. The number of rotatable bonds is 1. The van der Waals surface area contributed by atoms with Gasteiger partial charge in [-0.05, 0) is 17.0 Å². The van der Waals surface area contributed by atoms with Crippen LogP contribution >= 0.6 is 11.6 Å². The van der Waals surface area contributed by atoms with Crippen LogP contribution in [0.3, 0.4) is 0 Å². The van der Waals surface area contributed by atoms with Gasteiger partial charge in [-0.3, -0.25) is 0 Å². The molecular weight excluding hydrogens is 222 g/mol. The Morgan fingerprint density at radius 2 is 1.73 bits per heavy atom. The molecular formula is C12H20ClNSi. The van der Waals surface area contributed by atoms with Crippen LogP contribution in [0.4, 0.5) is 5.69 Å². The summed E-state index contributed by atoms with van der Waals surface area (Å²) in [5.41, 5.74) is 2.73. The summed E-state index contributed by atoms with van der Waals surface area (Å²) < 4.78 is 0. The molecule has 0 spiro atoms. The maximum Gasteiger partial charge on any atom is 0.0642 e. The highest BCUT2D eigenvalue weighted by atomic mass is 35.5. The van der Waals surface area contributed by atoms with Gasteiger partial charge in [-0.1, -0.05) is 43.6 Å². The van der Waals surface area contributed by atoms with Crippen molar-refractivity contribution >= 4 is 32.7 Å². The van der Waals surface area contributed by atoms with Crippen molar-refractivity contribution in [1.82, 2.24) is 0 Å². The first kappa shape index (κ1) is 12.6. The largest absolute Gasteiger partial charge is 0.376 e. The molecule has 0 aliphatic carbocycles. The van der Waals surface area contributed by atoms with Crippen LogP contribution in [0.2, 0.25) is 5.02 Å². The average molecular weight is 242 g/mol. The zero-order valence-electron chi connectivity index (χ0n) is 10.5. The first-order valence-corrected chi connectivity index (χ1v) is 6.60. The Morgan fingerprint density at radius 3 is 2.07 bits per heavy atom. The molecule has 0 aliphatic rings.